The second kappa shape index (κ2) is 8.72. The van der Waals surface area contributed by atoms with Gasteiger partial charge in [0.2, 0.25) is 0 Å². The molecule has 0 bridgehead atoms. The molecular weight excluding hydrogens is 231 g/mol. The molecule has 17 heavy (non-hydrogen) atoms. The van der Waals surface area contributed by atoms with Gasteiger partial charge in [-0.15, -0.1) is 0 Å². The summed E-state index contributed by atoms with van der Waals surface area (Å²) in [5, 5.41) is 3.15. The molecule has 0 fully saturated rings. The van der Waals surface area contributed by atoms with Gasteiger partial charge < -0.3 is 10.2 Å². The van der Waals surface area contributed by atoms with Crippen LogP contribution in [0.2, 0.25) is 0 Å². The highest BCUT2D eigenvalue weighted by Gasteiger charge is 2.28. The van der Waals surface area contributed by atoms with Crippen molar-refractivity contribution in [1.82, 2.24) is 15.1 Å². The van der Waals surface area contributed by atoms with E-state index in [1.54, 1.807) is 0 Å². The van der Waals surface area contributed by atoms with E-state index in [2.05, 4.69) is 24.1 Å². The number of alkyl halides is 3. The Hall–Kier alpha value is -0.330. The lowest BCUT2D eigenvalue weighted by Crippen LogP contribution is -2.38. The van der Waals surface area contributed by atoms with E-state index < -0.39 is 12.7 Å². The number of hydrogen-bond acceptors (Lipinski definition) is 3. The summed E-state index contributed by atoms with van der Waals surface area (Å²) >= 11 is 0. The Balaban J connectivity index is 3.45. The summed E-state index contributed by atoms with van der Waals surface area (Å²) in [5.74, 6) is 0. The van der Waals surface area contributed by atoms with Gasteiger partial charge in [-0.25, -0.2) is 0 Å². The third kappa shape index (κ3) is 10.5. The van der Waals surface area contributed by atoms with Crippen molar-refractivity contribution < 1.29 is 13.2 Å². The largest absolute Gasteiger partial charge is 0.401 e. The van der Waals surface area contributed by atoms with Crippen LogP contribution in [0.1, 0.15) is 13.8 Å². The molecule has 0 saturated heterocycles. The molecule has 0 radical (unpaired) electrons. The van der Waals surface area contributed by atoms with E-state index in [0.717, 1.165) is 26.2 Å². The molecule has 6 heteroatoms. The van der Waals surface area contributed by atoms with Crippen molar-refractivity contribution in [3.63, 3.8) is 0 Å². The quantitative estimate of drug-likeness (QED) is 0.629. The van der Waals surface area contributed by atoms with Gasteiger partial charge in [0, 0.05) is 26.2 Å². The minimum absolute atomic E-state index is 0.414. The van der Waals surface area contributed by atoms with E-state index in [-0.39, 0.29) is 0 Å². The minimum atomic E-state index is -4.10. The van der Waals surface area contributed by atoms with Crippen LogP contribution in [-0.4, -0.2) is 68.8 Å². The van der Waals surface area contributed by atoms with E-state index in [1.165, 1.54) is 11.9 Å². The monoisotopic (exact) mass is 255 g/mol. The van der Waals surface area contributed by atoms with E-state index in [1.807, 2.05) is 0 Å². The highest BCUT2D eigenvalue weighted by Crippen LogP contribution is 2.14. The van der Waals surface area contributed by atoms with Crippen LogP contribution in [0.3, 0.4) is 0 Å². The average Bonchev–Trinajstić information content (AvgIpc) is 2.21. The molecule has 0 amide bonds. The average molecular weight is 255 g/mol. The molecule has 0 aromatic rings. The zero-order valence-corrected chi connectivity index (χ0v) is 11.0. The van der Waals surface area contributed by atoms with Crippen molar-refractivity contribution in [1.29, 1.82) is 0 Å². The number of hydrogen-bond donors (Lipinski definition) is 1. The van der Waals surface area contributed by atoms with Crippen molar-refractivity contribution in [2.24, 2.45) is 0 Å². The van der Waals surface area contributed by atoms with Gasteiger partial charge in [0.15, 0.2) is 0 Å². The smallest absolute Gasteiger partial charge is 0.314 e. The molecule has 0 atom stereocenters. The summed E-state index contributed by atoms with van der Waals surface area (Å²) in [6.45, 7) is 8.13. The van der Waals surface area contributed by atoms with Crippen LogP contribution in [0.15, 0.2) is 0 Å². The van der Waals surface area contributed by atoms with Crippen LogP contribution < -0.4 is 5.32 Å². The number of rotatable bonds is 9. The van der Waals surface area contributed by atoms with Crippen LogP contribution in [0, 0.1) is 0 Å². The van der Waals surface area contributed by atoms with E-state index in [0.29, 0.717) is 13.1 Å². The molecular formula is C11H24F3N3. The fraction of sp³-hybridized carbons (Fsp3) is 1.00. The first-order valence-corrected chi connectivity index (χ1v) is 6.07. The SMILES string of the molecule is CCN(CC)CCNCCN(C)CC(F)(F)F. The number of nitrogens with zero attached hydrogens (tertiary/aromatic N) is 2. The van der Waals surface area contributed by atoms with Gasteiger partial charge in [-0.2, -0.15) is 13.2 Å². The zero-order chi connectivity index (χ0) is 13.3. The van der Waals surface area contributed by atoms with Gasteiger partial charge in [0.05, 0.1) is 6.54 Å². The highest BCUT2D eigenvalue weighted by atomic mass is 19.4. The molecule has 0 saturated carbocycles. The Morgan fingerprint density at radius 2 is 1.53 bits per heavy atom. The van der Waals surface area contributed by atoms with E-state index in [9.17, 15) is 13.2 Å². The molecule has 0 spiro atoms. The number of nitrogens with one attached hydrogen (secondary N) is 1. The van der Waals surface area contributed by atoms with Gasteiger partial charge >= 0.3 is 6.18 Å². The molecule has 0 aliphatic rings. The molecule has 0 aliphatic carbocycles. The summed E-state index contributed by atoms with van der Waals surface area (Å²) in [5.41, 5.74) is 0. The molecule has 0 aliphatic heterocycles. The van der Waals surface area contributed by atoms with Crippen molar-refractivity contribution >= 4 is 0 Å². The summed E-state index contributed by atoms with van der Waals surface area (Å²) in [4.78, 5) is 3.55. The van der Waals surface area contributed by atoms with Crippen molar-refractivity contribution in [2.75, 3.05) is 52.9 Å². The first-order valence-electron chi connectivity index (χ1n) is 6.07. The molecule has 3 nitrogen and oxygen atoms in total. The molecule has 0 heterocycles. The van der Waals surface area contributed by atoms with Crippen molar-refractivity contribution in [2.45, 2.75) is 20.0 Å². The van der Waals surface area contributed by atoms with Crippen LogP contribution in [0.25, 0.3) is 0 Å². The van der Waals surface area contributed by atoms with Gasteiger partial charge in [-0.05, 0) is 20.1 Å². The molecule has 0 aromatic heterocycles. The third-order valence-corrected chi connectivity index (χ3v) is 2.62. The van der Waals surface area contributed by atoms with Gasteiger partial charge in [0.25, 0.3) is 0 Å². The predicted molar refractivity (Wildman–Crippen MR) is 64.2 cm³/mol. The molecule has 104 valence electrons. The molecule has 0 rings (SSSR count). The number of halogens is 3. The van der Waals surface area contributed by atoms with Crippen LogP contribution in [0.5, 0.6) is 0 Å². The van der Waals surface area contributed by atoms with Crippen molar-refractivity contribution in [3.05, 3.63) is 0 Å². The Kier molecular flexibility index (Phi) is 8.55. The Labute approximate surface area is 102 Å². The molecule has 1 N–H and O–H groups in total. The summed E-state index contributed by atoms with van der Waals surface area (Å²) in [6.07, 6.45) is -4.10. The fourth-order valence-electron chi connectivity index (χ4n) is 1.56. The zero-order valence-electron chi connectivity index (χ0n) is 11.0. The summed E-state index contributed by atoms with van der Waals surface area (Å²) in [6, 6.07) is 0. The lowest BCUT2D eigenvalue weighted by molar-refractivity contribution is -0.142. The van der Waals surface area contributed by atoms with Gasteiger partial charge in [-0.3, -0.25) is 4.90 Å². The second-order valence-corrected chi connectivity index (χ2v) is 4.13. The van der Waals surface area contributed by atoms with E-state index >= 15 is 0 Å². The van der Waals surface area contributed by atoms with Crippen LogP contribution in [0.4, 0.5) is 13.2 Å². The van der Waals surface area contributed by atoms with Crippen LogP contribution in [-0.2, 0) is 0 Å². The second-order valence-electron chi connectivity index (χ2n) is 4.13. The maximum atomic E-state index is 12.0. The lowest BCUT2D eigenvalue weighted by atomic mass is 10.4. The molecule has 0 unspecified atom stereocenters. The summed E-state index contributed by atoms with van der Waals surface area (Å²) in [7, 11) is 1.49. The summed E-state index contributed by atoms with van der Waals surface area (Å²) < 4.78 is 36.0. The van der Waals surface area contributed by atoms with E-state index in [4.69, 9.17) is 0 Å². The van der Waals surface area contributed by atoms with Crippen LogP contribution >= 0.6 is 0 Å². The Morgan fingerprint density at radius 1 is 1.00 bits per heavy atom. The Morgan fingerprint density at radius 3 is 2.00 bits per heavy atom. The maximum Gasteiger partial charge on any atom is 0.401 e. The Bertz CT molecular complexity index is 181. The third-order valence-electron chi connectivity index (χ3n) is 2.62. The lowest BCUT2D eigenvalue weighted by Gasteiger charge is -2.20. The number of likely N-dealkylation sites (N-methyl/N-ethyl adjacent to an activating group) is 2. The molecule has 0 aromatic carbocycles. The highest BCUT2D eigenvalue weighted by molar-refractivity contribution is 4.61. The van der Waals surface area contributed by atoms with Gasteiger partial charge in [0.1, 0.15) is 0 Å². The first kappa shape index (κ1) is 16.7. The topological polar surface area (TPSA) is 18.5 Å². The maximum absolute atomic E-state index is 12.0. The van der Waals surface area contributed by atoms with Crippen molar-refractivity contribution in [3.8, 4) is 0 Å². The normalized spacial score (nSPS) is 12.7. The first-order chi connectivity index (χ1) is 7.89. The minimum Gasteiger partial charge on any atom is -0.314 e. The predicted octanol–water partition coefficient (Wildman–Crippen LogP) is 1.41. The standard InChI is InChI=1S/C11H24F3N3/c1-4-17(5-2)9-7-15-6-8-16(3)10-11(12,13)14/h15H,4-10H2,1-3H3. The van der Waals surface area contributed by atoms with Gasteiger partial charge in [-0.1, -0.05) is 13.8 Å². The fourth-order valence-corrected chi connectivity index (χ4v) is 1.56.